The summed E-state index contributed by atoms with van der Waals surface area (Å²) in [5.74, 6) is 0.525. The average molecular weight is 328 g/mol. The summed E-state index contributed by atoms with van der Waals surface area (Å²) >= 11 is 0. The number of methoxy groups -OCH3 is 2. The Morgan fingerprint density at radius 2 is 2.05 bits per heavy atom. The molecule has 0 aromatic heterocycles. The Bertz CT molecular complexity index is 643. The maximum atomic E-state index is 12.0. The molecule has 122 valence electrons. The summed E-state index contributed by atoms with van der Waals surface area (Å²) in [4.78, 5) is 12.0. The van der Waals surface area contributed by atoms with Crippen molar-refractivity contribution in [1.82, 2.24) is 4.31 Å². The molecule has 0 saturated carbocycles. The molecule has 22 heavy (non-hydrogen) atoms. The molecule has 0 aliphatic rings. The van der Waals surface area contributed by atoms with E-state index in [0.29, 0.717) is 17.2 Å². The van der Waals surface area contributed by atoms with Gasteiger partial charge in [-0.25, -0.2) is 8.42 Å². The van der Waals surface area contributed by atoms with Crippen LogP contribution in [0.15, 0.2) is 30.9 Å². The molecule has 1 N–H and O–H groups in total. The summed E-state index contributed by atoms with van der Waals surface area (Å²) in [6.45, 7) is 3.24. The molecule has 0 radical (unpaired) electrons. The first-order chi connectivity index (χ1) is 10.3. The zero-order valence-corrected chi connectivity index (χ0v) is 13.6. The van der Waals surface area contributed by atoms with Crippen LogP contribution in [0.25, 0.3) is 0 Å². The minimum absolute atomic E-state index is 0.0615. The van der Waals surface area contributed by atoms with Crippen LogP contribution in [0.5, 0.6) is 11.5 Å². The van der Waals surface area contributed by atoms with Crippen LogP contribution >= 0.6 is 0 Å². The summed E-state index contributed by atoms with van der Waals surface area (Å²) in [6, 6.07) is 4.90. The molecule has 1 amide bonds. The maximum absolute atomic E-state index is 12.0. The SMILES string of the molecule is C=CCN(CC(=O)Nc1ccc(OC)cc1OC)S(C)(=O)=O. The molecular weight excluding hydrogens is 308 g/mol. The second kappa shape index (κ2) is 7.81. The van der Waals surface area contributed by atoms with Crippen LogP contribution in [0, 0.1) is 0 Å². The number of rotatable bonds is 8. The standard InChI is InChI=1S/C14H20N2O5S/c1-5-8-16(22(4,18)19)10-14(17)15-12-7-6-11(20-2)9-13(12)21-3/h5-7,9H,1,8,10H2,2-4H3,(H,15,17). The first-order valence-corrected chi connectivity index (χ1v) is 8.24. The summed E-state index contributed by atoms with van der Waals surface area (Å²) in [6.07, 6.45) is 2.46. The van der Waals surface area contributed by atoms with Gasteiger partial charge in [0, 0.05) is 12.6 Å². The molecule has 1 rings (SSSR count). The van der Waals surface area contributed by atoms with Crippen LogP contribution in [0.2, 0.25) is 0 Å². The Hall–Kier alpha value is -2.06. The molecule has 1 aromatic rings. The summed E-state index contributed by atoms with van der Waals surface area (Å²) in [5, 5.41) is 2.61. The first-order valence-electron chi connectivity index (χ1n) is 6.39. The van der Waals surface area contributed by atoms with Gasteiger partial charge in [-0.1, -0.05) is 6.08 Å². The number of nitrogens with one attached hydrogen (secondary N) is 1. The van der Waals surface area contributed by atoms with Gasteiger partial charge in [0.25, 0.3) is 0 Å². The lowest BCUT2D eigenvalue weighted by Crippen LogP contribution is -2.37. The average Bonchev–Trinajstić information content (AvgIpc) is 2.46. The monoisotopic (exact) mass is 328 g/mol. The molecular formula is C14H20N2O5S. The molecule has 0 heterocycles. The minimum Gasteiger partial charge on any atom is -0.497 e. The molecule has 0 spiro atoms. The molecule has 7 nitrogen and oxygen atoms in total. The quantitative estimate of drug-likeness (QED) is 0.722. The Morgan fingerprint density at radius 3 is 2.55 bits per heavy atom. The summed E-state index contributed by atoms with van der Waals surface area (Å²) in [7, 11) is -0.507. The normalized spacial score (nSPS) is 11.1. The highest BCUT2D eigenvalue weighted by Gasteiger charge is 2.19. The van der Waals surface area contributed by atoms with Crippen LogP contribution in [0.4, 0.5) is 5.69 Å². The van der Waals surface area contributed by atoms with E-state index in [9.17, 15) is 13.2 Å². The fourth-order valence-electron chi connectivity index (χ4n) is 1.71. The number of carbonyl (C=O) groups is 1. The largest absolute Gasteiger partial charge is 0.497 e. The molecule has 0 fully saturated rings. The Morgan fingerprint density at radius 1 is 1.36 bits per heavy atom. The molecule has 8 heteroatoms. The fourth-order valence-corrected chi connectivity index (χ4v) is 2.44. The van der Waals surface area contributed by atoms with Gasteiger partial charge >= 0.3 is 0 Å². The molecule has 0 bridgehead atoms. The number of sulfonamides is 1. The van der Waals surface area contributed by atoms with Gasteiger partial charge in [0.05, 0.1) is 32.7 Å². The van der Waals surface area contributed by atoms with E-state index in [1.54, 1.807) is 18.2 Å². The van der Waals surface area contributed by atoms with Gasteiger partial charge in [-0.05, 0) is 12.1 Å². The van der Waals surface area contributed by atoms with Crippen molar-refractivity contribution in [2.45, 2.75) is 0 Å². The van der Waals surface area contributed by atoms with Crippen molar-refractivity contribution in [2.75, 3.05) is 38.9 Å². The van der Waals surface area contributed by atoms with Gasteiger partial charge in [-0.2, -0.15) is 4.31 Å². The Balaban J connectivity index is 2.86. The second-order valence-electron chi connectivity index (χ2n) is 4.46. The predicted molar refractivity (Wildman–Crippen MR) is 84.8 cm³/mol. The number of benzene rings is 1. The van der Waals surface area contributed by atoms with Crippen LogP contribution in [0.1, 0.15) is 0 Å². The van der Waals surface area contributed by atoms with E-state index in [4.69, 9.17) is 9.47 Å². The van der Waals surface area contributed by atoms with Gasteiger partial charge in [0.15, 0.2) is 0 Å². The van der Waals surface area contributed by atoms with Crippen LogP contribution in [0.3, 0.4) is 0 Å². The number of amides is 1. The van der Waals surface area contributed by atoms with Crippen molar-refractivity contribution in [2.24, 2.45) is 0 Å². The van der Waals surface area contributed by atoms with Crippen LogP contribution < -0.4 is 14.8 Å². The Labute approximate surface area is 130 Å². The molecule has 1 aromatic carbocycles. The number of nitrogens with zero attached hydrogens (tertiary/aromatic N) is 1. The highest BCUT2D eigenvalue weighted by atomic mass is 32.2. The second-order valence-corrected chi connectivity index (χ2v) is 6.44. The van der Waals surface area contributed by atoms with Crippen molar-refractivity contribution in [3.05, 3.63) is 30.9 Å². The Kier molecular flexibility index (Phi) is 6.39. The smallest absolute Gasteiger partial charge is 0.239 e. The molecule has 0 saturated heterocycles. The lowest BCUT2D eigenvalue weighted by molar-refractivity contribution is -0.116. The van der Waals surface area contributed by atoms with E-state index >= 15 is 0 Å². The lowest BCUT2D eigenvalue weighted by atomic mass is 10.2. The molecule has 0 unspecified atom stereocenters. The van der Waals surface area contributed by atoms with E-state index in [-0.39, 0.29) is 13.1 Å². The number of anilines is 1. The number of hydrogen-bond donors (Lipinski definition) is 1. The number of carbonyl (C=O) groups excluding carboxylic acids is 1. The molecule has 0 aliphatic carbocycles. The zero-order chi connectivity index (χ0) is 16.8. The topological polar surface area (TPSA) is 84.9 Å². The third kappa shape index (κ3) is 5.05. The lowest BCUT2D eigenvalue weighted by Gasteiger charge is -2.18. The molecule has 0 aliphatic heterocycles. The fraction of sp³-hybridized carbons (Fsp3) is 0.357. The van der Waals surface area contributed by atoms with E-state index in [1.165, 1.54) is 20.3 Å². The van der Waals surface area contributed by atoms with Crippen molar-refractivity contribution in [3.63, 3.8) is 0 Å². The minimum atomic E-state index is -3.49. The van der Waals surface area contributed by atoms with Crippen molar-refractivity contribution >= 4 is 21.6 Å². The number of hydrogen-bond acceptors (Lipinski definition) is 5. The third-order valence-electron chi connectivity index (χ3n) is 2.80. The van der Waals surface area contributed by atoms with Crippen LogP contribution in [-0.4, -0.2) is 52.2 Å². The zero-order valence-electron chi connectivity index (χ0n) is 12.8. The summed E-state index contributed by atoms with van der Waals surface area (Å²) < 4.78 is 34.4. The van der Waals surface area contributed by atoms with Crippen LogP contribution in [-0.2, 0) is 14.8 Å². The third-order valence-corrected chi connectivity index (χ3v) is 4.02. The van der Waals surface area contributed by atoms with Crippen molar-refractivity contribution < 1.29 is 22.7 Å². The van der Waals surface area contributed by atoms with Gasteiger partial charge in [-0.3, -0.25) is 4.79 Å². The van der Waals surface area contributed by atoms with Crippen molar-refractivity contribution in [3.8, 4) is 11.5 Å². The van der Waals surface area contributed by atoms with Crippen molar-refractivity contribution in [1.29, 1.82) is 0 Å². The molecule has 0 atom stereocenters. The van der Waals surface area contributed by atoms with Gasteiger partial charge in [-0.15, -0.1) is 6.58 Å². The van der Waals surface area contributed by atoms with E-state index in [2.05, 4.69) is 11.9 Å². The number of ether oxygens (including phenoxy) is 2. The van der Waals surface area contributed by atoms with E-state index < -0.39 is 15.9 Å². The van der Waals surface area contributed by atoms with E-state index in [0.717, 1.165) is 10.6 Å². The highest BCUT2D eigenvalue weighted by Crippen LogP contribution is 2.28. The highest BCUT2D eigenvalue weighted by molar-refractivity contribution is 7.88. The van der Waals surface area contributed by atoms with Gasteiger partial charge in [0.1, 0.15) is 11.5 Å². The summed E-state index contributed by atoms with van der Waals surface area (Å²) in [5.41, 5.74) is 0.431. The predicted octanol–water partition coefficient (Wildman–Crippen LogP) is 1.09. The van der Waals surface area contributed by atoms with E-state index in [1.807, 2.05) is 0 Å². The van der Waals surface area contributed by atoms with Gasteiger partial charge in [0.2, 0.25) is 15.9 Å². The van der Waals surface area contributed by atoms with Gasteiger partial charge < -0.3 is 14.8 Å². The first kappa shape index (κ1) is 18.0. The maximum Gasteiger partial charge on any atom is 0.239 e.